The summed E-state index contributed by atoms with van der Waals surface area (Å²) in [5.74, 6) is -0.398. The number of ether oxygens (including phenoxy) is 1. The first-order valence-electron chi connectivity index (χ1n) is 9.74. The van der Waals surface area contributed by atoms with Gasteiger partial charge in [-0.05, 0) is 75.0 Å². The lowest BCUT2D eigenvalue weighted by Crippen LogP contribution is -2.39. The molecule has 3 aromatic rings. The summed E-state index contributed by atoms with van der Waals surface area (Å²) in [6.07, 6.45) is 1.74. The molecule has 0 fully saturated rings. The summed E-state index contributed by atoms with van der Waals surface area (Å²) < 4.78 is 8.32. The molecule has 0 saturated heterocycles. The summed E-state index contributed by atoms with van der Waals surface area (Å²) in [6, 6.07) is 12.2. The number of phenols is 1. The van der Waals surface area contributed by atoms with Gasteiger partial charge in [0.15, 0.2) is 4.80 Å². The van der Waals surface area contributed by atoms with E-state index in [4.69, 9.17) is 4.74 Å². The van der Waals surface area contributed by atoms with Gasteiger partial charge in [-0.2, -0.15) is 0 Å². The molecule has 1 aliphatic rings. The van der Waals surface area contributed by atoms with E-state index in [2.05, 4.69) is 36.9 Å². The number of phenolic OH excluding ortho intramolecular Hbond substituents is 1. The second-order valence-corrected chi connectivity index (χ2v) is 9.76. The number of fused-ring (bicyclic) bond motifs is 1. The summed E-state index contributed by atoms with van der Waals surface area (Å²) in [5, 5.41) is 9.96. The number of aromatic hydroxyl groups is 1. The first kappa shape index (κ1) is 22.7. The van der Waals surface area contributed by atoms with Crippen molar-refractivity contribution in [1.82, 2.24) is 4.57 Å². The maximum absolute atomic E-state index is 13.5. The van der Waals surface area contributed by atoms with Crippen LogP contribution in [0.1, 0.15) is 31.0 Å². The maximum Gasteiger partial charge on any atom is 0.338 e. The highest BCUT2D eigenvalue weighted by atomic mass is 79.9. The van der Waals surface area contributed by atoms with E-state index in [1.807, 2.05) is 30.3 Å². The van der Waals surface area contributed by atoms with Gasteiger partial charge in [-0.1, -0.05) is 41.7 Å². The molecule has 1 aliphatic heterocycles. The molecule has 9 heteroatoms. The minimum atomic E-state index is -0.632. The molecule has 2 heterocycles. The second-order valence-electron chi connectivity index (χ2n) is 7.05. The Hall–Kier alpha value is -2.49. The molecule has 164 valence electrons. The van der Waals surface area contributed by atoms with Crippen LogP contribution in [0, 0.1) is 0 Å². The van der Waals surface area contributed by atoms with Gasteiger partial charge in [0, 0.05) is 0 Å². The quantitative estimate of drug-likeness (QED) is 0.475. The highest BCUT2D eigenvalue weighted by molar-refractivity contribution is 9.11. The Balaban J connectivity index is 1.96. The molecule has 0 bridgehead atoms. The Bertz CT molecular complexity index is 1400. The van der Waals surface area contributed by atoms with Gasteiger partial charge in [0.1, 0.15) is 5.75 Å². The fraction of sp³-hybridized carbons (Fsp3) is 0.174. The molecule has 1 atom stereocenters. The summed E-state index contributed by atoms with van der Waals surface area (Å²) in [4.78, 5) is 31.4. The molecule has 0 aliphatic carbocycles. The molecule has 2 aromatic carbocycles. The third-order valence-corrected chi connectivity index (χ3v) is 7.16. The highest BCUT2D eigenvalue weighted by Crippen LogP contribution is 2.34. The summed E-state index contributed by atoms with van der Waals surface area (Å²) >= 11 is 7.88. The van der Waals surface area contributed by atoms with Crippen molar-refractivity contribution >= 4 is 55.2 Å². The zero-order valence-corrected chi connectivity index (χ0v) is 21.1. The number of aromatic nitrogens is 1. The second kappa shape index (κ2) is 9.17. The largest absolute Gasteiger partial charge is 0.506 e. The molecule has 6 nitrogen and oxygen atoms in total. The van der Waals surface area contributed by atoms with E-state index in [0.29, 0.717) is 29.5 Å². The number of nitrogens with zero attached hydrogens (tertiary/aromatic N) is 2. The van der Waals surface area contributed by atoms with Crippen LogP contribution in [0.25, 0.3) is 6.08 Å². The molecule has 1 N–H and O–H groups in total. The molecule has 0 radical (unpaired) electrons. The van der Waals surface area contributed by atoms with Crippen molar-refractivity contribution in [3.8, 4) is 5.75 Å². The lowest BCUT2D eigenvalue weighted by atomic mass is 9.96. The van der Waals surface area contributed by atoms with Gasteiger partial charge in [-0.15, -0.1) is 0 Å². The number of carbonyl (C=O) groups is 1. The van der Waals surface area contributed by atoms with Crippen LogP contribution in [0.15, 0.2) is 72.5 Å². The van der Waals surface area contributed by atoms with Crippen molar-refractivity contribution < 1.29 is 14.6 Å². The van der Waals surface area contributed by atoms with Crippen LogP contribution in [0.4, 0.5) is 0 Å². The van der Waals surface area contributed by atoms with Crippen LogP contribution in [0.5, 0.6) is 5.75 Å². The van der Waals surface area contributed by atoms with Crippen molar-refractivity contribution in [1.29, 1.82) is 0 Å². The lowest BCUT2D eigenvalue weighted by Gasteiger charge is -2.24. The van der Waals surface area contributed by atoms with E-state index < -0.39 is 12.0 Å². The van der Waals surface area contributed by atoms with Crippen LogP contribution in [-0.2, 0) is 9.53 Å². The predicted octanol–water partition coefficient (Wildman–Crippen LogP) is 4.03. The van der Waals surface area contributed by atoms with Crippen molar-refractivity contribution in [3.63, 3.8) is 0 Å². The monoisotopic (exact) mass is 576 g/mol. The molecule has 0 saturated carbocycles. The van der Waals surface area contributed by atoms with E-state index >= 15 is 0 Å². The van der Waals surface area contributed by atoms with Gasteiger partial charge >= 0.3 is 5.97 Å². The van der Waals surface area contributed by atoms with Crippen LogP contribution >= 0.6 is 43.2 Å². The molecule has 0 amide bonds. The molecule has 4 rings (SSSR count). The SMILES string of the molecule is CCOC(=O)C1=C(C)N=c2s/c(=C/c3cc(Br)c(O)c(Br)c3)c(=O)n2C1c1ccccc1. The first-order chi connectivity index (χ1) is 15.3. The van der Waals surface area contributed by atoms with E-state index in [1.165, 1.54) is 11.3 Å². The standard InChI is InChI=1S/C23H18Br2N2O4S/c1-3-31-22(30)18-12(2)26-23-27(19(18)14-7-5-4-6-8-14)21(29)17(32-23)11-13-9-15(24)20(28)16(25)10-13/h4-11,19,28H,3H2,1-2H3/b17-11+. The van der Waals surface area contributed by atoms with Crippen molar-refractivity contribution in [2.75, 3.05) is 6.61 Å². The average Bonchev–Trinajstić information content (AvgIpc) is 3.06. The normalized spacial score (nSPS) is 16.0. The van der Waals surface area contributed by atoms with Gasteiger partial charge in [-0.3, -0.25) is 9.36 Å². The van der Waals surface area contributed by atoms with Crippen LogP contribution in [0.2, 0.25) is 0 Å². The zero-order valence-electron chi connectivity index (χ0n) is 17.1. The lowest BCUT2D eigenvalue weighted by molar-refractivity contribution is -0.139. The van der Waals surface area contributed by atoms with Crippen LogP contribution in [0.3, 0.4) is 0 Å². The first-order valence-corrected chi connectivity index (χ1v) is 12.1. The van der Waals surface area contributed by atoms with Crippen molar-refractivity contribution in [2.24, 2.45) is 4.99 Å². The Morgan fingerprint density at radius 2 is 1.91 bits per heavy atom. The number of halogens is 2. The van der Waals surface area contributed by atoms with Gasteiger partial charge in [0.2, 0.25) is 0 Å². The Morgan fingerprint density at radius 3 is 2.53 bits per heavy atom. The number of allylic oxidation sites excluding steroid dienone is 1. The van der Waals surface area contributed by atoms with E-state index in [0.717, 1.165) is 11.1 Å². The van der Waals surface area contributed by atoms with Gasteiger partial charge < -0.3 is 9.84 Å². The fourth-order valence-corrected chi connectivity index (χ4v) is 5.83. The molecular weight excluding hydrogens is 560 g/mol. The Kier molecular flexibility index (Phi) is 6.50. The summed E-state index contributed by atoms with van der Waals surface area (Å²) in [6.45, 7) is 3.73. The number of carbonyl (C=O) groups excluding carboxylic acids is 1. The molecule has 1 aromatic heterocycles. The minimum absolute atomic E-state index is 0.0855. The van der Waals surface area contributed by atoms with E-state index in [1.54, 1.807) is 36.6 Å². The minimum Gasteiger partial charge on any atom is -0.506 e. The summed E-state index contributed by atoms with van der Waals surface area (Å²) in [7, 11) is 0. The van der Waals surface area contributed by atoms with Crippen molar-refractivity contribution in [3.05, 3.63) is 93.5 Å². The van der Waals surface area contributed by atoms with Gasteiger partial charge in [0.05, 0.1) is 37.4 Å². The van der Waals surface area contributed by atoms with E-state index in [9.17, 15) is 14.7 Å². The number of hydrogen-bond donors (Lipinski definition) is 1. The molecule has 0 spiro atoms. The predicted molar refractivity (Wildman–Crippen MR) is 130 cm³/mol. The zero-order chi connectivity index (χ0) is 23.0. The average molecular weight is 578 g/mol. The number of hydrogen-bond acceptors (Lipinski definition) is 6. The third kappa shape index (κ3) is 4.12. The van der Waals surface area contributed by atoms with Crippen LogP contribution in [-0.4, -0.2) is 22.2 Å². The smallest absolute Gasteiger partial charge is 0.338 e. The fourth-order valence-electron chi connectivity index (χ4n) is 3.56. The summed E-state index contributed by atoms with van der Waals surface area (Å²) in [5.41, 5.74) is 2.15. The molecule has 1 unspecified atom stereocenters. The van der Waals surface area contributed by atoms with E-state index in [-0.39, 0.29) is 17.9 Å². The highest BCUT2D eigenvalue weighted by Gasteiger charge is 2.33. The van der Waals surface area contributed by atoms with Gasteiger partial charge in [0.25, 0.3) is 5.56 Å². The number of benzene rings is 2. The Labute approximate surface area is 204 Å². The number of rotatable bonds is 4. The number of thiazole rings is 1. The molecule has 32 heavy (non-hydrogen) atoms. The maximum atomic E-state index is 13.5. The van der Waals surface area contributed by atoms with Crippen LogP contribution < -0.4 is 14.9 Å². The molecular formula is C23H18Br2N2O4S. The van der Waals surface area contributed by atoms with Gasteiger partial charge in [-0.25, -0.2) is 9.79 Å². The third-order valence-electron chi connectivity index (χ3n) is 4.97. The number of esters is 1. The van der Waals surface area contributed by atoms with Crippen molar-refractivity contribution in [2.45, 2.75) is 19.9 Å². The Morgan fingerprint density at radius 1 is 1.25 bits per heavy atom. The topological polar surface area (TPSA) is 80.9 Å².